The molecule has 0 aromatic heterocycles. The van der Waals surface area contributed by atoms with E-state index in [0.717, 1.165) is 31.2 Å². The van der Waals surface area contributed by atoms with Gasteiger partial charge in [0, 0.05) is 27.4 Å². The second kappa shape index (κ2) is 13.3. The maximum atomic E-state index is 13.4. The summed E-state index contributed by atoms with van der Waals surface area (Å²) in [6.07, 6.45) is 0.783. The zero-order chi connectivity index (χ0) is 29.7. The van der Waals surface area contributed by atoms with Gasteiger partial charge in [0.15, 0.2) is 0 Å². The lowest BCUT2D eigenvalue weighted by Gasteiger charge is -2.35. The molecule has 0 heterocycles. The lowest BCUT2D eigenvalue weighted by molar-refractivity contribution is 0.281. The normalized spacial score (nSPS) is 12.4. The molecule has 0 aliphatic rings. The third-order valence-electron chi connectivity index (χ3n) is 6.98. The van der Waals surface area contributed by atoms with E-state index in [-0.39, 0.29) is 22.9 Å². The minimum atomic E-state index is -3.88. The van der Waals surface area contributed by atoms with Crippen LogP contribution in [0.5, 0.6) is 0 Å². The van der Waals surface area contributed by atoms with E-state index >= 15 is 0 Å². The lowest BCUT2D eigenvalue weighted by Crippen LogP contribution is -2.48. The zero-order valence-corrected chi connectivity index (χ0v) is 27.6. The fraction of sp³-hybridized carbons (Fsp3) is 0.226. The first-order valence-electron chi connectivity index (χ1n) is 13.0. The number of aryl methyl sites for hydroxylation is 2. The fourth-order valence-corrected chi connectivity index (χ4v) is 7.73. The molecule has 4 aromatic carbocycles. The van der Waals surface area contributed by atoms with Crippen molar-refractivity contribution >= 4 is 51.9 Å². The summed E-state index contributed by atoms with van der Waals surface area (Å²) in [6.45, 7) is 3.76. The number of hydrogen-bond donors (Lipinski definition) is 2. The van der Waals surface area contributed by atoms with Crippen molar-refractivity contribution in [3.05, 3.63) is 128 Å². The van der Waals surface area contributed by atoms with Gasteiger partial charge in [-0.15, -0.1) is 0 Å². The highest BCUT2D eigenvalue weighted by atomic mass is 79.9. The Morgan fingerprint density at radius 3 is 1.24 bits per heavy atom. The Kier molecular flexibility index (Phi) is 10.3. The topological polar surface area (TPSA) is 92.3 Å². The number of nitrogens with one attached hydrogen (secondary N) is 2. The maximum absolute atomic E-state index is 13.4. The third-order valence-corrected chi connectivity index (χ3v) is 11.4. The van der Waals surface area contributed by atoms with Crippen molar-refractivity contribution in [1.29, 1.82) is 0 Å². The van der Waals surface area contributed by atoms with Crippen LogP contribution in [-0.2, 0) is 32.9 Å². The summed E-state index contributed by atoms with van der Waals surface area (Å²) in [4.78, 5) is 0.304. The molecule has 2 N–H and O–H groups in total. The SMILES string of the molecule is Cc1ccc(S(=O)(=O)NCC(CNS(=O)(=O)c2ccc(C)cc2)(Cc2ccccc2Br)Cc2ccccc2Br)cc1. The molecule has 0 radical (unpaired) electrons. The van der Waals surface area contributed by atoms with Crippen LogP contribution in [0.4, 0.5) is 0 Å². The fourth-order valence-electron chi connectivity index (χ4n) is 4.56. The van der Waals surface area contributed by atoms with Crippen molar-refractivity contribution in [3.63, 3.8) is 0 Å². The van der Waals surface area contributed by atoms with E-state index in [1.807, 2.05) is 62.4 Å². The Bertz CT molecular complexity index is 1580. The monoisotopic (exact) mass is 718 g/mol. The third kappa shape index (κ3) is 8.37. The van der Waals surface area contributed by atoms with E-state index < -0.39 is 25.5 Å². The van der Waals surface area contributed by atoms with E-state index in [1.165, 1.54) is 0 Å². The van der Waals surface area contributed by atoms with Gasteiger partial charge in [0.25, 0.3) is 0 Å². The number of rotatable bonds is 12. The molecule has 0 atom stereocenters. The van der Waals surface area contributed by atoms with Crippen molar-refractivity contribution < 1.29 is 16.8 Å². The summed E-state index contributed by atoms with van der Waals surface area (Å²) in [7, 11) is -7.75. The molecule has 0 aliphatic carbocycles. The summed E-state index contributed by atoms with van der Waals surface area (Å²) in [5.41, 5.74) is 2.88. The van der Waals surface area contributed by atoms with Gasteiger partial charge in [-0.25, -0.2) is 26.3 Å². The van der Waals surface area contributed by atoms with E-state index in [4.69, 9.17) is 0 Å². The summed E-state index contributed by atoms with van der Waals surface area (Å²) in [5, 5.41) is 0. The van der Waals surface area contributed by atoms with Gasteiger partial charge in [-0.05, 0) is 74.2 Å². The quantitative estimate of drug-likeness (QED) is 0.174. The van der Waals surface area contributed by atoms with Crippen LogP contribution in [0.2, 0.25) is 0 Å². The zero-order valence-electron chi connectivity index (χ0n) is 22.8. The Balaban J connectivity index is 1.76. The van der Waals surface area contributed by atoms with Crippen molar-refractivity contribution in [3.8, 4) is 0 Å². The average molecular weight is 721 g/mol. The van der Waals surface area contributed by atoms with Crippen molar-refractivity contribution in [2.75, 3.05) is 13.1 Å². The van der Waals surface area contributed by atoms with Gasteiger partial charge < -0.3 is 0 Å². The van der Waals surface area contributed by atoms with Crippen LogP contribution in [-0.4, -0.2) is 29.9 Å². The minimum absolute atomic E-state index is 0.0116. The van der Waals surface area contributed by atoms with Gasteiger partial charge in [-0.1, -0.05) is 104 Å². The molecule has 41 heavy (non-hydrogen) atoms. The van der Waals surface area contributed by atoms with Crippen molar-refractivity contribution in [1.82, 2.24) is 9.44 Å². The van der Waals surface area contributed by atoms with Crippen LogP contribution in [0.15, 0.2) is 116 Å². The van der Waals surface area contributed by atoms with Crippen LogP contribution < -0.4 is 9.44 Å². The lowest BCUT2D eigenvalue weighted by atomic mass is 9.76. The predicted octanol–water partition coefficient (Wildman–Crippen LogP) is 6.56. The number of hydrogen-bond acceptors (Lipinski definition) is 4. The molecule has 0 aliphatic heterocycles. The largest absolute Gasteiger partial charge is 0.240 e. The number of halogens is 2. The van der Waals surface area contributed by atoms with Gasteiger partial charge in [0.1, 0.15) is 0 Å². The molecule has 6 nitrogen and oxygen atoms in total. The summed E-state index contributed by atoms with van der Waals surface area (Å²) < 4.78 is 61.0. The molecule has 0 bridgehead atoms. The average Bonchev–Trinajstić information content (AvgIpc) is 2.94. The molecular formula is C31H32Br2N2O4S2. The Labute approximate surface area is 260 Å². The van der Waals surface area contributed by atoms with E-state index in [0.29, 0.717) is 12.8 Å². The Morgan fingerprint density at radius 2 is 0.902 bits per heavy atom. The molecular weight excluding hydrogens is 688 g/mol. The molecule has 0 amide bonds. The molecule has 0 saturated heterocycles. The first-order valence-corrected chi connectivity index (χ1v) is 17.5. The van der Waals surface area contributed by atoms with Crippen molar-refractivity contribution in [2.24, 2.45) is 5.41 Å². The highest BCUT2D eigenvalue weighted by Gasteiger charge is 2.35. The van der Waals surface area contributed by atoms with E-state index in [9.17, 15) is 16.8 Å². The summed E-state index contributed by atoms with van der Waals surface area (Å²) in [6, 6.07) is 28.7. The molecule has 0 fully saturated rings. The van der Waals surface area contributed by atoms with Gasteiger partial charge in [0.2, 0.25) is 20.0 Å². The van der Waals surface area contributed by atoms with Crippen LogP contribution in [0, 0.1) is 19.3 Å². The van der Waals surface area contributed by atoms with Crippen LogP contribution in [0.25, 0.3) is 0 Å². The smallest absolute Gasteiger partial charge is 0.211 e. The van der Waals surface area contributed by atoms with Crippen LogP contribution in [0.1, 0.15) is 22.3 Å². The van der Waals surface area contributed by atoms with Crippen LogP contribution >= 0.6 is 31.9 Å². The van der Waals surface area contributed by atoms with Gasteiger partial charge in [-0.2, -0.15) is 0 Å². The molecule has 216 valence electrons. The van der Waals surface area contributed by atoms with E-state index in [1.54, 1.807) is 48.5 Å². The van der Waals surface area contributed by atoms with Gasteiger partial charge in [0.05, 0.1) is 9.79 Å². The highest BCUT2D eigenvalue weighted by molar-refractivity contribution is 9.10. The molecule has 0 saturated carbocycles. The molecule has 4 aromatic rings. The molecule has 0 unspecified atom stereocenters. The second-order valence-corrected chi connectivity index (χ2v) is 15.6. The summed E-state index contributed by atoms with van der Waals surface area (Å²) in [5.74, 6) is 0. The van der Waals surface area contributed by atoms with Crippen molar-refractivity contribution in [2.45, 2.75) is 36.5 Å². The predicted molar refractivity (Wildman–Crippen MR) is 171 cm³/mol. The Morgan fingerprint density at radius 1 is 0.561 bits per heavy atom. The molecule has 4 rings (SSSR count). The first kappa shape index (κ1) is 31.6. The number of benzene rings is 4. The van der Waals surface area contributed by atoms with E-state index in [2.05, 4.69) is 41.3 Å². The molecule has 10 heteroatoms. The Hall–Kier alpha value is -2.34. The highest BCUT2D eigenvalue weighted by Crippen LogP contribution is 2.33. The minimum Gasteiger partial charge on any atom is -0.211 e. The maximum Gasteiger partial charge on any atom is 0.240 e. The molecule has 0 spiro atoms. The summed E-state index contributed by atoms with van der Waals surface area (Å²) >= 11 is 7.26. The second-order valence-electron chi connectivity index (χ2n) is 10.3. The van der Waals surface area contributed by atoms with Gasteiger partial charge >= 0.3 is 0 Å². The van der Waals surface area contributed by atoms with Crippen LogP contribution in [0.3, 0.4) is 0 Å². The van der Waals surface area contributed by atoms with Gasteiger partial charge in [-0.3, -0.25) is 0 Å². The first-order chi connectivity index (χ1) is 19.4. The number of sulfonamides is 2. The standard InChI is InChI=1S/C31H32Br2N2O4S2/c1-23-11-15-27(16-12-23)40(36,37)34-21-31(19-25-7-3-5-9-29(25)32,20-26-8-4-6-10-30(26)33)22-35-41(38,39)28-17-13-24(2)14-18-28/h3-18,34-35H,19-22H2,1-2H3.